The molecule has 3 aromatic heterocycles. The molecule has 5 heterocycles. The fourth-order valence-corrected chi connectivity index (χ4v) is 13.2. The molecule has 1 saturated heterocycles. The Balaban J connectivity index is 0. The van der Waals surface area contributed by atoms with Gasteiger partial charge in [-0.25, -0.2) is 19.9 Å². The van der Waals surface area contributed by atoms with Gasteiger partial charge in [0.2, 0.25) is 11.8 Å². The second-order valence-electron chi connectivity index (χ2n) is 34.8. The van der Waals surface area contributed by atoms with Crippen LogP contribution in [0.2, 0.25) is 0 Å². The smallest absolute Gasteiger partial charge is 0.258 e. The van der Waals surface area contributed by atoms with Gasteiger partial charge in [0.25, 0.3) is 5.56 Å². The van der Waals surface area contributed by atoms with E-state index in [1.54, 1.807) is 34.6 Å². The van der Waals surface area contributed by atoms with E-state index in [1.807, 2.05) is 60.3 Å². The minimum Gasteiger partial charge on any atom is -0.496 e. The Labute approximate surface area is 605 Å². The number of rotatable bonds is 13. The van der Waals surface area contributed by atoms with Crippen LogP contribution in [-0.4, -0.2) is 130 Å². The van der Waals surface area contributed by atoms with Crippen LogP contribution >= 0.6 is 0 Å². The Kier molecular flexibility index (Phi) is 42.8. The van der Waals surface area contributed by atoms with E-state index in [-0.39, 0.29) is 58.7 Å². The first-order valence-electron chi connectivity index (χ1n) is 35.8. The highest BCUT2D eigenvalue weighted by Crippen LogP contribution is 2.53. The molecule has 2 aliphatic heterocycles. The molecule has 0 aromatic carbocycles. The number of pyridine rings is 1. The second-order valence-corrected chi connectivity index (χ2v) is 34.8. The van der Waals surface area contributed by atoms with Gasteiger partial charge in [-0.1, -0.05) is 200 Å². The lowest BCUT2D eigenvalue weighted by atomic mass is 9.69. The first-order valence-corrected chi connectivity index (χ1v) is 35.8. The summed E-state index contributed by atoms with van der Waals surface area (Å²) in [5, 5.41) is 21.3. The number of aliphatic hydroxyl groups is 2. The molecule has 17 heteroatoms. The first-order chi connectivity index (χ1) is 45.1. The van der Waals surface area contributed by atoms with Crippen LogP contribution in [0, 0.1) is 63.6 Å². The van der Waals surface area contributed by atoms with Crippen molar-refractivity contribution in [2.75, 3.05) is 82.8 Å². The lowest BCUT2D eigenvalue weighted by Crippen LogP contribution is -2.45. The van der Waals surface area contributed by atoms with Gasteiger partial charge in [-0.3, -0.25) is 4.79 Å². The van der Waals surface area contributed by atoms with Crippen LogP contribution < -0.4 is 25.1 Å². The predicted molar refractivity (Wildman–Crippen MR) is 413 cm³/mol. The summed E-state index contributed by atoms with van der Waals surface area (Å²) < 4.78 is 42.2. The van der Waals surface area contributed by atoms with Gasteiger partial charge < -0.3 is 58.4 Å². The fraction of sp³-hybridized carbons (Fsp3) is 0.768. The van der Waals surface area contributed by atoms with Crippen molar-refractivity contribution in [1.29, 1.82) is 0 Å². The number of H-pyrrole nitrogens is 1. The number of allylic oxidation sites excluding steroid dienone is 1. The summed E-state index contributed by atoms with van der Waals surface area (Å²) in [6, 6.07) is 1.85. The van der Waals surface area contributed by atoms with E-state index in [2.05, 4.69) is 189 Å². The van der Waals surface area contributed by atoms with E-state index in [9.17, 15) is 4.79 Å². The summed E-state index contributed by atoms with van der Waals surface area (Å²) >= 11 is 0. The van der Waals surface area contributed by atoms with Gasteiger partial charge in [0.15, 0.2) is 0 Å². The van der Waals surface area contributed by atoms with Crippen molar-refractivity contribution in [1.82, 2.24) is 30.2 Å². The summed E-state index contributed by atoms with van der Waals surface area (Å²) in [6.07, 6.45) is 19.4. The van der Waals surface area contributed by atoms with Crippen molar-refractivity contribution < 1.29 is 48.1 Å². The number of nitrogens with one attached hydrogen (secondary N) is 2. The van der Waals surface area contributed by atoms with Gasteiger partial charge in [0.1, 0.15) is 12.1 Å². The number of ether oxygens (including phenoxy) is 8. The molecule has 0 amide bonds. The number of nitrogens with zero attached hydrogens (tertiary/aromatic N) is 4. The molecule has 99 heavy (non-hydrogen) atoms. The highest BCUT2D eigenvalue weighted by Gasteiger charge is 2.44. The Morgan fingerprint density at radius 2 is 1.13 bits per heavy atom. The van der Waals surface area contributed by atoms with E-state index in [1.165, 1.54) is 71.1 Å². The lowest BCUT2D eigenvalue weighted by molar-refractivity contribution is -0.103. The zero-order chi connectivity index (χ0) is 76.0. The minimum atomic E-state index is -0.257. The first kappa shape index (κ1) is 96.3. The molecule has 3 fully saturated rings. The lowest BCUT2D eigenvalue weighted by Gasteiger charge is -2.44. The van der Waals surface area contributed by atoms with Crippen LogP contribution in [0.3, 0.4) is 0 Å². The number of methoxy groups -OCH3 is 7. The molecule has 0 radical (unpaired) electrons. The van der Waals surface area contributed by atoms with Gasteiger partial charge in [0, 0.05) is 82.8 Å². The Morgan fingerprint density at radius 3 is 1.46 bits per heavy atom. The molecule has 574 valence electrons. The number of aromatic amines is 1. The topological polar surface area (TPSA) is 211 Å². The van der Waals surface area contributed by atoms with E-state index in [0.29, 0.717) is 52.2 Å². The standard InChI is InChI=1S/C12H24O2.C11H17NO2.C11H17NO.C10H16N2O.C10H20.C9H14N2O2.C9H20O2.C9H18O.CH4/c1-12(2,3)11-9(13-4)7-6-8-10(11)14-5;1-11(2,3)9-8(13-4)6-7-12-10(9)14-5;1-8-10(11(2,3)4)9(7-13)5-6-12-8;1-7-9(10(2,3)4)8(5-13)12-6-11-7;1-5-6-8-7-9(8)10(2,3)4;1-9(2,3)6-7(12)10-5-11-8(6)13-4;1-9(2,3)8(6-10-4)7-11-5;1-9(2,3)8-4-6-10-7-5-8;/h9-11H,6-8H2,1-5H3;6-7H,1-5H3;5-6,12-13H,1,7H2,2-4H3;6,13H,5H2,1-4H3;8-9H,5-7H2,1-4H3;5H,1-4H3,(H,10,11,12);8H,6-7H2,1-5H3;8H,4-7H2,1-3H3;1H4. The number of dihydropyridines is 1. The summed E-state index contributed by atoms with van der Waals surface area (Å²) in [4.78, 5) is 30.3. The third-order valence-electron chi connectivity index (χ3n) is 18.4. The zero-order valence-electron chi connectivity index (χ0n) is 68.5. The molecule has 2 aliphatic carbocycles. The van der Waals surface area contributed by atoms with Crippen molar-refractivity contribution in [2.45, 2.75) is 274 Å². The maximum Gasteiger partial charge on any atom is 0.258 e. The molecular weight excluding hydrogens is 1240 g/mol. The maximum atomic E-state index is 11.5. The molecule has 3 aromatic rings. The maximum absolute atomic E-state index is 11.5. The van der Waals surface area contributed by atoms with Crippen molar-refractivity contribution in [2.24, 2.45) is 56.7 Å². The number of aryl methyl sites for hydroxylation is 1. The van der Waals surface area contributed by atoms with E-state index >= 15 is 0 Å². The average molecular weight is 1400 g/mol. The molecular formula is C82H150N6O11. The van der Waals surface area contributed by atoms with Gasteiger partial charge in [-0.2, -0.15) is 0 Å². The summed E-state index contributed by atoms with van der Waals surface area (Å²) in [5.41, 5.74) is 8.46. The van der Waals surface area contributed by atoms with Gasteiger partial charge >= 0.3 is 0 Å². The Hall–Kier alpha value is -4.75. The van der Waals surface area contributed by atoms with E-state index < -0.39 is 0 Å². The number of aromatic nitrogens is 5. The molecule has 2 saturated carbocycles. The molecule has 4 unspecified atom stereocenters. The molecule has 4 atom stereocenters. The SMILES string of the molecule is C.C=C1NC=CC(CO)=C1C(C)(C)C.CC(C)(C)C1CCOCC1.CCCC1CC1C(C)(C)C.COC1CCCC(OC)C1C(C)(C)C.COCC(COC)C(C)(C)C.COc1ccnc(OC)c1C(C)(C)C.COc1nc[nH]c(=O)c1C(C)(C)C.Cc1ncnc(CO)c1C(C)(C)C. The van der Waals surface area contributed by atoms with Crippen LogP contribution in [0.25, 0.3) is 0 Å². The van der Waals surface area contributed by atoms with Crippen LogP contribution in [0.5, 0.6) is 17.5 Å². The molecule has 17 nitrogen and oxygen atoms in total. The predicted octanol–water partition coefficient (Wildman–Crippen LogP) is 18.4. The third-order valence-corrected chi connectivity index (χ3v) is 18.4. The van der Waals surface area contributed by atoms with Crippen LogP contribution in [0.4, 0.5) is 0 Å². The van der Waals surface area contributed by atoms with Crippen LogP contribution in [0.1, 0.15) is 260 Å². The van der Waals surface area contributed by atoms with Crippen molar-refractivity contribution in [3.63, 3.8) is 0 Å². The molecule has 0 bridgehead atoms. The monoisotopic (exact) mass is 1400 g/mol. The molecule has 4 N–H and O–H groups in total. The molecule has 4 aliphatic rings. The highest BCUT2D eigenvalue weighted by molar-refractivity contribution is 5.46. The number of hydrogen-bond acceptors (Lipinski definition) is 16. The van der Waals surface area contributed by atoms with E-state index in [0.717, 1.165) is 89.3 Å². The summed E-state index contributed by atoms with van der Waals surface area (Å²) in [7, 11) is 11.9. The Morgan fingerprint density at radius 1 is 0.626 bits per heavy atom. The van der Waals surface area contributed by atoms with Crippen molar-refractivity contribution in [3.05, 3.63) is 99.0 Å². The fourth-order valence-electron chi connectivity index (χ4n) is 13.2. The van der Waals surface area contributed by atoms with Gasteiger partial charge in [-0.15, -0.1) is 0 Å². The summed E-state index contributed by atoms with van der Waals surface area (Å²) in [5.74, 6) is 5.85. The molecule has 7 rings (SSSR count). The molecule has 0 spiro atoms. The average Bonchev–Trinajstić information content (AvgIpc) is 1.80. The zero-order valence-corrected chi connectivity index (χ0v) is 68.5. The number of aliphatic hydroxyl groups excluding tert-OH is 2. The quantitative estimate of drug-likeness (QED) is 0.125. The Bertz CT molecular complexity index is 2800. The van der Waals surface area contributed by atoms with Crippen molar-refractivity contribution in [3.8, 4) is 17.5 Å². The van der Waals surface area contributed by atoms with Gasteiger partial charge in [0.05, 0.1) is 83.1 Å². The normalized spacial score (nSPS) is 18.8. The highest BCUT2D eigenvalue weighted by atomic mass is 16.5. The second kappa shape index (κ2) is 44.0. The summed E-state index contributed by atoms with van der Waals surface area (Å²) in [6.45, 7) is 64.0. The van der Waals surface area contributed by atoms with E-state index in [4.69, 9.17) is 48.1 Å². The third kappa shape index (κ3) is 34.4. The van der Waals surface area contributed by atoms with Crippen LogP contribution in [0.15, 0.2) is 65.4 Å². The van der Waals surface area contributed by atoms with Crippen LogP contribution in [-0.2, 0) is 46.5 Å². The number of hydrogen-bond donors (Lipinski definition) is 4. The largest absolute Gasteiger partial charge is 0.496 e. The minimum absolute atomic E-state index is 0. The van der Waals surface area contributed by atoms with Gasteiger partial charge in [-0.05, 0) is 130 Å². The van der Waals surface area contributed by atoms with Crippen molar-refractivity contribution >= 4 is 0 Å².